The fourth-order valence-corrected chi connectivity index (χ4v) is 1.33. The molecule has 2 rings (SSSR count). The fourth-order valence-electron chi connectivity index (χ4n) is 1.20. The smallest absolute Gasteiger partial charge is 0.247 e. The second-order valence-electron chi connectivity index (χ2n) is 3.75. The zero-order valence-electron chi connectivity index (χ0n) is 9.46. The lowest BCUT2D eigenvalue weighted by molar-refractivity contribution is 0.460. The van der Waals surface area contributed by atoms with Crippen molar-refractivity contribution in [2.24, 2.45) is 0 Å². The summed E-state index contributed by atoms with van der Waals surface area (Å²) in [5.74, 6) is 0.786. The molecule has 2 heterocycles. The molecular weight excluding hydrogens is 242 g/mol. The van der Waals surface area contributed by atoms with Crippen LogP contribution in [0, 0.1) is 0 Å². The average Bonchev–Trinajstić information content (AvgIpc) is 2.72. The molecule has 90 valence electrons. The van der Waals surface area contributed by atoms with E-state index >= 15 is 0 Å². The molecular formula is C10H12ClN5O. The molecule has 6 nitrogen and oxygen atoms in total. The van der Waals surface area contributed by atoms with Crippen molar-refractivity contribution in [3.63, 3.8) is 0 Å². The van der Waals surface area contributed by atoms with E-state index in [1.807, 2.05) is 13.8 Å². The molecule has 0 atom stereocenters. The largest absolute Gasteiger partial charge is 0.434 e. The molecule has 0 saturated heterocycles. The van der Waals surface area contributed by atoms with Crippen LogP contribution in [0.1, 0.15) is 19.9 Å². The summed E-state index contributed by atoms with van der Waals surface area (Å²) in [5.41, 5.74) is 5.99. The van der Waals surface area contributed by atoms with Gasteiger partial charge in [0.25, 0.3) is 0 Å². The van der Waals surface area contributed by atoms with Crippen LogP contribution in [0.3, 0.4) is 0 Å². The highest BCUT2D eigenvalue weighted by molar-refractivity contribution is 6.28. The normalized spacial score (nSPS) is 10.8. The van der Waals surface area contributed by atoms with E-state index in [1.54, 1.807) is 17.1 Å². The summed E-state index contributed by atoms with van der Waals surface area (Å²) in [5, 5.41) is 4.23. The van der Waals surface area contributed by atoms with Gasteiger partial charge in [0.2, 0.25) is 11.2 Å². The Hall–Kier alpha value is -1.82. The van der Waals surface area contributed by atoms with E-state index in [-0.39, 0.29) is 17.2 Å². The number of nitrogens with zero attached hydrogens (tertiary/aromatic N) is 4. The molecule has 2 aromatic heterocycles. The second kappa shape index (κ2) is 4.58. The van der Waals surface area contributed by atoms with Gasteiger partial charge in [-0.15, -0.1) is 0 Å². The highest BCUT2D eigenvalue weighted by atomic mass is 35.5. The Labute approximate surface area is 103 Å². The van der Waals surface area contributed by atoms with Crippen LogP contribution in [0.4, 0.5) is 5.69 Å². The Kier molecular flexibility index (Phi) is 3.14. The summed E-state index contributed by atoms with van der Waals surface area (Å²) in [4.78, 5) is 7.64. The number of aromatic nitrogens is 4. The van der Waals surface area contributed by atoms with Crippen LogP contribution >= 0.6 is 11.6 Å². The quantitative estimate of drug-likeness (QED) is 0.849. The molecule has 0 saturated carbocycles. The Bertz CT molecular complexity index is 525. The van der Waals surface area contributed by atoms with Crippen LogP contribution in [-0.2, 0) is 0 Å². The molecule has 0 aliphatic heterocycles. The van der Waals surface area contributed by atoms with Gasteiger partial charge in [0.05, 0.1) is 18.6 Å². The van der Waals surface area contributed by atoms with Gasteiger partial charge in [-0.1, -0.05) is 0 Å². The first-order valence-electron chi connectivity index (χ1n) is 5.06. The van der Waals surface area contributed by atoms with Crippen molar-refractivity contribution < 1.29 is 4.74 Å². The first-order valence-corrected chi connectivity index (χ1v) is 5.44. The van der Waals surface area contributed by atoms with Gasteiger partial charge in [0.1, 0.15) is 5.69 Å². The maximum atomic E-state index is 5.67. The molecule has 0 aliphatic rings. The molecule has 0 aliphatic carbocycles. The number of halogens is 1. The molecule has 0 aromatic carbocycles. The minimum atomic E-state index is 0.0884. The van der Waals surface area contributed by atoms with Crippen molar-refractivity contribution in [2.45, 2.75) is 19.9 Å². The van der Waals surface area contributed by atoms with Gasteiger partial charge in [0.15, 0.2) is 5.75 Å². The van der Waals surface area contributed by atoms with Crippen molar-refractivity contribution >= 4 is 17.3 Å². The number of nitrogens with two attached hydrogens (primary N) is 1. The summed E-state index contributed by atoms with van der Waals surface area (Å²) < 4.78 is 7.25. The number of hydrogen-bond donors (Lipinski definition) is 1. The lowest BCUT2D eigenvalue weighted by atomic mass is 10.4. The Morgan fingerprint density at radius 3 is 2.82 bits per heavy atom. The van der Waals surface area contributed by atoms with Crippen LogP contribution in [0.5, 0.6) is 11.6 Å². The van der Waals surface area contributed by atoms with Gasteiger partial charge in [0, 0.05) is 6.04 Å². The highest BCUT2D eigenvalue weighted by Crippen LogP contribution is 2.25. The fraction of sp³-hybridized carbons (Fsp3) is 0.300. The topological polar surface area (TPSA) is 78.8 Å². The summed E-state index contributed by atoms with van der Waals surface area (Å²) in [6, 6.07) is 0.263. The minimum absolute atomic E-state index is 0.0884. The molecule has 0 spiro atoms. The standard InChI is InChI=1S/C10H12ClN5O/c1-6(2)16-5-7(3-14-16)17-9-8(12)4-13-10(11)15-9/h3-6H,12H2,1-2H3. The van der Waals surface area contributed by atoms with Crippen LogP contribution in [0.15, 0.2) is 18.6 Å². The zero-order valence-corrected chi connectivity index (χ0v) is 10.2. The molecule has 0 fully saturated rings. The molecule has 2 N–H and O–H groups in total. The van der Waals surface area contributed by atoms with Crippen molar-refractivity contribution in [3.8, 4) is 11.6 Å². The number of rotatable bonds is 3. The Balaban J connectivity index is 2.22. The van der Waals surface area contributed by atoms with Crippen LogP contribution in [0.25, 0.3) is 0 Å². The monoisotopic (exact) mass is 253 g/mol. The SMILES string of the molecule is CC(C)n1cc(Oc2nc(Cl)ncc2N)cn1. The van der Waals surface area contributed by atoms with Crippen molar-refractivity contribution in [1.29, 1.82) is 0 Å². The van der Waals surface area contributed by atoms with E-state index in [1.165, 1.54) is 6.20 Å². The lowest BCUT2D eigenvalue weighted by Crippen LogP contribution is -2.00. The number of nitrogen functional groups attached to an aromatic ring is 1. The second-order valence-corrected chi connectivity index (χ2v) is 4.09. The van der Waals surface area contributed by atoms with Gasteiger partial charge in [-0.3, -0.25) is 4.68 Å². The molecule has 7 heteroatoms. The molecule has 0 radical (unpaired) electrons. The van der Waals surface area contributed by atoms with Crippen molar-refractivity contribution in [2.75, 3.05) is 5.73 Å². The third-order valence-corrected chi connectivity index (χ3v) is 2.25. The maximum Gasteiger partial charge on any atom is 0.247 e. The first kappa shape index (κ1) is 11.7. The van der Waals surface area contributed by atoms with E-state index in [4.69, 9.17) is 22.1 Å². The third kappa shape index (κ3) is 2.65. The molecule has 2 aromatic rings. The maximum absolute atomic E-state index is 5.67. The Morgan fingerprint density at radius 2 is 2.18 bits per heavy atom. The molecule has 17 heavy (non-hydrogen) atoms. The molecule has 0 unspecified atom stereocenters. The van der Waals surface area contributed by atoms with Gasteiger partial charge in [-0.25, -0.2) is 4.98 Å². The summed E-state index contributed by atoms with van der Waals surface area (Å²) in [7, 11) is 0. The van der Waals surface area contributed by atoms with E-state index in [0.29, 0.717) is 11.4 Å². The number of hydrogen-bond acceptors (Lipinski definition) is 5. The lowest BCUT2D eigenvalue weighted by Gasteiger charge is -2.05. The van der Waals surface area contributed by atoms with Crippen LogP contribution in [0.2, 0.25) is 5.28 Å². The number of ether oxygens (including phenoxy) is 1. The molecule has 0 bridgehead atoms. The third-order valence-electron chi connectivity index (χ3n) is 2.07. The number of anilines is 1. The van der Waals surface area contributed by atoms with Crippen LogP contribution < -0.4 is 10.5 Å². The average molecular weight is 254 g/mol. The highest BCUT2D eigenvalue weighted by Gasteiger charge is 2.08. The predicted molar refractivity (Wildman–Crippen MR) is 64.1 cm³/mol. The van der Waals surface area contributed by atoms with E-state index in [9.17, 15) is 0 Å². The van der Waals surface area contributed by atoms with E-state index < -0.39 is 0 Å². The Morgan fingerprint density at radius 1 is 1.41 bits per heavy atom. The first-order chi connectivity index (χ1) is 8.06. The predicted octanol–water partition coefficient (Wildman–Crippen LogP) is 2.28. The van der Waals surface area contributed by atoms with E-state index in [2.05, 4.69) is 15.1 Å². The van der Waals surface area contributed by atoms with E-state index in [0.717, 1.165) is 0 Å². The summed E-state index contributed by atoms with van der Waals surface area (Å²) >= 11 is 5.66. The van der Waals surface area contributed by atoms with Gasteiger partial charge in [-0.2, -0.15) is 10.1 Å². The van der Waals surface area contributed by atoms with Crippen LogP contribution in [-0.4, -0.2) is 19.7 Å². The molecule has 0 amide bonds. The summed E-state index contributed by atoms with van der Waals surface area (Å²) in [6.07, 6.45) is 4.76. The zero-order chi connectivity index (χ0) is 12.4. The minimum Gasteiger partial charge on any atom is -0.434 e. The van der Waals surface area contributed by atoms with Crippen molar-refractivity contribution in [3.05, 3.63) is 23.9 Å². The van der Waals surface area contributed by atoms with Gasteiger partial charge >= 0.3 is 0 Å². The van der Waals surface area contributed by atoms with Gasteiger partial charge in [-0.05, 0) is 25.4 Å². The van der Waals surface area contributed by atoms with Crippen molar-refractivity contribution in [1.82, 2.24) is 19.7 Å². The summed E-state index contributed by atoms with van der Waals surface area (Å²) in [6.45, 7) is 4.04. The van der Waals surface area contributed by atoms with Gasteiger partial charge < -0.3 is 10.5 Å².